The van der Waals surface area contributed by atoms with E-state index in [-0.39, 0.29) is 29.8 Å². The molecule has 0 saturated heterocycles. The second-order valence-electron chi connectivity index (χ2n) is 4.71. The average Bonchev–Trinajstić information content (AvgIpc) is 2.43. The molecule has 7 nitrogen and oxygen atoms in total. The van der Waals surface area contributed by atoms with E-state index < -0.39 is 5.97 Å². The molecule has 0 spiro atoms. The van der Waals surface area contributed by atoms with E-state index in [2.05, 4.69) is 15.3 Å². The van der Waals surface area contributed by atoms with Gasteiger partial charge in [-0.2, -0.15) is 0 Å². The summed E-state index contributed by atoms with van der Waals surface area (Å²) in [6.45, 7) is 6.23. The Morgan fingerprint density at radius 1 is 1.45 bits per heavy atom. The maximum Gasteiger partial charge on any atom is 0.356 e. The summed E-state index contributed by atoms with van der Waals surface area (Å²) in [6.07, 6.45) is 1.41. The summed E-state index contributed by atoms with van der Waals surface area (Å²) in [6, 6.07) is 0. The van der Waals surface area contributed by atoms with Crippen molar-refractivity contribution >= 4 is 17.6 Å². The van der Waals surface area contributed by atoms with Gasteiger partial charge in [-0.1, -0.05) is 13.8 Å². The van der Waals surface area contributed by atoms with Crippen molar-refractivity contribution in [2.75, 3.05) is 25.5 Å². The summed E-state index contributed by atoms with van der Waals surface area (Å²) in [7, 11) is 1.68. The number of nitrogens with zero attached hydrogens (tertiary/aromatic N) is 3. The minimum Gasteiger partial charge on any atom is -0.476 e. The first-order valence-corrected chi connectivity index (χ1v) is 6.44. The average molecular weight is 280 g/mol. The molecule has 0 aliphatic carbocycles. The monoisotopic (exact) mass is 280 g/mol. The summed E-state index contributed by atoms with van der Waals surface area (Å²) < 4.78 is 0. The van der Waals surface area contributed by atoms with Crippen LogP contribution in [-0.2, 0) is 4.79 Å². The molecular formula is C13H20N4O3. The molecule has 0 aromatic carbocycles. The molecule has 110 valence electrons. The van der Waals surface area contributed by atoms with Gasteiger partial charge in [0, 0.05) is 19.5 Å². The Morgan fingerprint density at radius 3 is 2.60 bits per heavy atom. The van der Waals surface area contributed by atoms with E-state index in [1.165, 1.54) is 11.1 Å². The third-order valence-corrected chi connectivity index (χ3v) is 2.86. The molecule has 0 fully saturated rings. The molecule has 1 aromatic heterocycles. The zero-order valence-electron chi connectivity index (χ0n) is 12.2. The van der Waals surface area contributed by atoms with E-state index in [9.17, 15) is 9.59 Å². The predicted molar refractivity (Wildman–Crippen MR) is 74.9 cm³/mol. The Morgan fingerprint density at radius 2 is 2.10 bits per heavy atom. The zero-order valence-corrected chi connectivity index (χ0v) is 12.2. The highest BCUT2D eigenvalue weighted by molar-refractivity contribution is 5.92. The molecule has 0 aliphatic rings. The number of carbonyl (C=O) groups excluding carboxylic acids is 1. The van der Waals surface area contributed by atoms with Gasteiger partial charge in [0.2, 0.25) is 5.91 Å². The van der Waals surface area contributed by atoms with Crippen LogP contribution in [-0.4, -0.2) is 52.0 Å². The van der Waals surface area contributed by atoms with E-state index >= 15 is 0 Å². The Labute approximate surface area is 118 Å². The highest BCUT2D eigenvalue weighted by atomic mass is 16.4. The molecule has 0 aliphatic heterocycles. The molecule has 0 saturated carbocycles. The SMILES string of the molecule is CCN(C)C(=O)CNc1cnc(C(C)C)nc1C(=O)O. The number of rotatable bonds is 6. The Balaban J connectivity index is 2.90. The van der Waals surface area contributed by atoms with Crippen molar-refractivity contribution in [1.29, 1.82) is 0 Å². The Kier molecular flexibility index (Phi) is 5.42. The van der Waals surface area contributed by atoms with Crippen molar-refractivity contribution < 1.29 is 14.7 Å². The summed E-state index contributed by atoms with van der Waals surface area (Å²) >= 11 is 0. The van der Waals surface area contributed by atoms with Gasteiger partial charge in [-0.3, -0.25) is 4.79 Å². The van der Waals surface area contributed by atoms with Crippen LogP contribution >= 0.6 is 0 Å². The fourth-order valence-electron chi connectivity index (χ4n) is 1.45. The number of carboxylic acids is 1. The summed E-state index contributed by atoms with van der Waals surface area (Å²) in [4.78, 5) is 32.5. The van der Waals surface area contributed by atoms with E-state index in [1.807, 2.05) is 20.8 Å². The minimum absolute atomic E-state index is 0.00893. The number of nitrogens with one attached hydrogen (secondary N) is 1. The van der Waals surface area contributed by atoms with E-state index in [0.29, 0.717) is 12.4 Å². The van der Waals surface area contributed by atoms with Gasteiger partial charge < -0.3 is 15.3 Å². The molecule has 1 rings (SSSR count). The van der Waals surface area contributed by atoms with Gasteiger partial charge in [-0.05, 0) is 6.92 Å². The van der Waals surface area contributed by atoms with Crippen LogP contribution in [0, 0.1) is 0 Å². The topological polar surface area (TPSA) is 95.4 Å². The first kappa shape index (κ1) is 15.9. The zero-order chi connectivity index (χ0) is 15.3. The first-order valence-electron chi connectivity index (χ1n) is 6.44. The van der Waals surface area contributed by atoms with Crippen LogP contribution in [0.3, 0.4) is 0 Å². The Bertz CT molecular complexity index is 502. The molecule has 0 atom stereocenters. The standard InChI is InChI=1S/C13H20N4O3/c1-5-17(4)10(18)7-14-9-6-15-12(8(2)3)16-11(9)13(19)20/h6,8,14H,5,7H2,1-4H3,(H,19,20). The normalized spacial score (nSPS) is 10.4. The fraction of sp³-hybridized carbons (Fsp3) is 0.538. The lowest BCUT2D eigenvalue weighted by Gasteiger charge is -2.16. The number of likely N-dealkylation sites (N-methyl/N-ethyl adjacent to an activating group) is 1. The van der Waals surface area contributed by atoms with Crippen molar-refractivity contribution in [3.8, 4) is 0 Å². The molecule has 1 heterocycles. The van der Waals surface area contributed by atoms with Gasteiger partial charge in [-0.15, -0.1) is 0 Å². The van der Waals surface area contributed by atoms with E-state index in [1.54, 1.807) is 7.05 Å². The van der Waals surface area contributed by atoms with Gasteiger partial charge in [0.1, 0.15) is 5.82 Å². The van der Waals surface area contributed by atoms with E-state index in [4.69, 9.17) is 5.11 Å². The highest BCUT2D eigenvalue weighted by Crippen LogP contribution is 2.16. The molecule has 2 N–H and O–H groups in total. The molecular weight excluding hydrogens is 260 g/mol. The predicted octanol–water partition coefficient (Wildman–Crippen LogP) is 1.19. The first-order chi connectivity index (χ1) is 9.36. The number of anilines is 1. The van der Waals surface area contributed by atoms with Gasteiger partial charge in [0.25, 0.3) is 0 Å². The van der Waals surface area contributed by atoms with Crippen molar-refractivity contribution in [2.45, 2.75) is 26.7 Å². The van der Waals surface area contributed by atoms with Gasteiger partial charge >= 0.3 is 5.97 Å². The van der Waals surface area contributed by atoms with Crippen LogP contribution in [0.2, 0.25) is 0 Å². The number of carbonyl (C=O) groups is 2. The van der Waals surface area contributed by atoms with Crippen LogP contribution in [0.5, 0.6) is 0 Å². The third-order valence-electron chi connectivity index (χ3n) is 2.86. The number of aromatic nitrogens is 2. The van der Waals surface area contributed by atoms with Crippen molar-refractivity contribution in [2.24, 2.45) is 0 Å². The largest absolute Gasteiger partial charge is 0.476 e. The van der Waals surface area contributed by atoms with Crippen LogP contribution in [0.1, 0.15) is 43.0 Å². The van der Waals surface area contributed by atoms with Crippen LogP contribution < -0.4 is 5.32 Å². The lowest BCUT2D eigenvalue weighted by molar-refractivity contribution is -0.127. The second kappa shape index (κ2) is 6.83. The lowest BCUT2D eigenvalue weighted by Crippen LogP contribution is -2.32. The quantitative estimate of drug-likeness (QED) is 0.812. The summed E-state index contributed by atoms with van der Waals surface area (Å²) in [5.41, 5.74) is 0.135. The maximum atomic E-state index is 11.7. The van der Waals surface area contributed by atoms with Crippen molar-refractivity contribution in [3.63, 3.8) is 0 Å². The molecule has 20 heavy (non-hydrogen) atoms. The molecule has 0 bridgehead atoms. The Hall–Kier alpha value is -2.18. The molecule has 1 aromatic rings. The minimum atomic E-state index is -1.15. The van der Waals surface area contributed by atoms with Crippen molar-refractivity contribution in [1.82, 2.24) is 14.9 Å². The number of carboxylic acid groups (broad SMARTS) is 1. The molecule has 7 heteroatoms. The van der Waals surface area contributed by atoms with Crippen LogP contribution in [0.4, 0.5) is 5.69 Å². The van der Waals surface area contributed by atoms with Gasteiger partial charge in [0.15, 0.2) is 5.69 Å². The maximum absolute atomic E-state index is 11.7. The van der Waals surface area contributed by atoms with Crippen LogP contribution in [0.25, 0.3) is 0 Å². The molecule has 0 radical (unpaired) electrons. The number of hydrogen-bond donors (Lipinski definition) is 2. The lowest BCUT2D eigenvalue weighted by atomic mass is 10.2. The second-order valence-corrected chi connectivity index (χ2v) is 4.71. The molecule has 1 amide bonds. The highest BCUT2D eigenvalue weighted by Gasteiger charge is 2.16. The fourth-order valence-corrected chi connectivity index (χ4v) is 1.45. The number of hydrogen-bond acceptors (Lipinski definition) is 5. The summed E-state index contributed by atoms with van der Waals surface area (Å²) in [5.74, 6) is -0.773. The molecule has 0 unspecified atom stereocenters. The smallest absolute Gasteiger partial charge is 0.356 e. The van der Waals surface area contributed by atoms with Gasteiger partial charge in [0.05, 0.1) is 18.4 Å². The number of aromatic carboxylic acids is 1. The third kappa shape index (κ3) is 3.91. The van der Waals surface area contributed by atoms with Gasteiger partial charge in [-0.25, -0.2) is 14.8 Å². The van der Waals surface area contributed by atoms with E-state index in [0.717, 1.165) is 0 Å². The number of amides is 1. The summed E-state index contributed by atoms with van der Waals surface area (Å²) in [5, 5.41) is 11.9. The van der Waals surface area contributed by atoms with Crippen molar-refractivity contribution in [3.05, 3.63) is 17.7 Å². The van der Waals surface area contributed by atoms with Crippen LogP contribution in [0.15, 0.2) is 6.20 Å².